The van der Waals surface area contributed by atoms with E-state index in [9.17, 15) is 0 Å². The van der Waals surface area contributed by atoms with Crippen molar-refractivity contribution in [2.24, 2.45) is 11.1 Å². The Balaban J connectivity index is 1.82. The fourth-order valence-corrected chi connectivity index (χ4v) is 2.93. The Morgan fingerprint density at radius 1 is 1.53 bits per heavy atom. The molecule has 1 fully saturated rings. The van der Waals surface area contributed by atoms with Crippen LogP contribution in [0.4, 0.5) is 0 Å². The number of nitrogens with two attached hydrogens (primary N) is 1. The van der Waals surface area contributed by atoms with E-state index in [2.05, 4.69) is 36.7 Å². The fourth-order valence-electron chi connectivity index (χ4n) is 2.07. The van der Waals surface area contributed by atoms with Crippen molar-refractivity contribution in [3.63, 3.8) is 0 Å². The lowest BCUT2D eigenvalue weighted by atomic mass is 9.85. The summed E-state index contributed by atoms with van der Waals surface area (Å²) in [5.74, 6) is 0. The topological polar surface area (TPSA) is 47.3 Å². The molecule has 0 bridgehead atoms. The van der Waals surface area contributed by atoms with Gasteiger partial charge in [0.1, 0.15) is 0 Å². The highest BCUT2D eigenvalue weighted by Crippen LogP contribution is 2.28. The molecule has 0 amide bonds. The number of ether oxygens (including phenoxy) is 1. The molecule has 3 N–H and O–H groups in total. The maximum absolute atomic E-state index is 5.80. The van der Waals surface area contributed by atoms with Crippen molar-refractivity contribution in [2.75, 3.05) is 32.8 Å². The zero-order chi connectivity index (χ0) is 12.4. The van der Waals surface area contributed by atoms with Crippen LogP contribution in [0, 0.1) is 5.41 Å². The molecule has 1 aliphatic heterocycles. The summed E-state index contributed by atoms with van der Waals surface area (Å²) in [5.41, 5.74) is 6.17. The van der Waals surface area contributed by atoms with Crippen molar-refractivity contribution < 1.29 is 4.74 Å². The summed E-state index contributed by atoms with van der Waals surface area (Å²) in [6.07, 6.45) is 0. The molecule has 0 aliphatic carbocycles. The zero-order valence-electron chi connectivity index (χ0n) is 10.7. The van der Waals surface area contributed by atoms with Gasteiger partial charge in [-0.3, -0.25) is 0 Å². The van der Waals surface area contributed by atoms with Gasteiger partial charge in [0.15, 0.2) is 0 Å². The largest absolute Gasteiger partial charge is 0.380 e. The van der Waals surface area contributed by atoms with Gasteiger partial charge in [-0.15, -0.1) is 11.3 Å². The van der Waals surface area contributed by atoms with E-state index in [-0.39, 0.29) is 10.8 Å². The van der Waals surface area contributed by atoms with Crippen LogP contribution in [-0.4, -0.2) is 32.8 Å². The Hall–Kier alpha value is -0.420. The first kappa shape index (κ1) is 13.0. The van der Waals surface area contributed by atoms with Gasteiger partial charge >= 0.3 is 0 Å². The third-order valence-corrected chi connectivity index (χ3v) is 4.74. The lowest BCUT2D eigenvalue weighted by Crippen LogP contribution is -2.55. The minimum atomic E-state index is 0.186. The predicted octanol–water partition coefficient (Wildman–Crippen LogP) is 1.59. The Kier molecular flexibility index (Phi) is 3.88. The minimum Gasteiger partial charge on any atom is -0.380 e. The molecule has 17 heavy (non-hydrogen) atoms. The summed E-state index contributed by atoms with van der Waals surface area (Å²) in [5, 5.41) is 5.69. The second-order valence-corrected chi connectivity index (χ2v) is 6.61. The van der Waals surface area contributed by atoms with E-state index in [1.54, 1.807) is 0 Å². The van der Waals surface area contributed by atoms with E-state index in [4.69, 9.17) is 10.5 Å². The van der Waals surface area contributed by atoms with E-state index in [0.717, 1.165) is 26.3 Å². The van der Waals surface area contributed by atoms with Crippen LogP contribution in [0.2, 0.25) is 0 Å². The van der Waals surface area contributed by atoms with Gasteiger partial charge in [0.05, 0.1) is 13.2 Å². The molecular formula is C13H22N2OS. The quantitative estimate of drug-likeness (QED) is 0.810. The average molecular weight is 254 g/mol. The van der Waals surface area contributed by atoms with Crippen LogP contribution in [0.3, 0.4) is 0 Å². The molecule has 1 aromatic rings. The van der Waals surface area contributed by atoms with E-state index >= 15 is 0 Å². The molecule has 2 rings (SSSR count). The fraction of sp³-hybridized carbons (Fsp3) is 0.692. The van der Waals surface area contributed by atoms with Gasteiger partial charge in [0.25, 0.3) is 0 Å². The lowest BCUT2D eigenvalue weighted by molar-refractivity contribution is -0.105. The molecule has 4 heteroatoms. The molecule has 96 valence electrons. The molecular weight excluding hydrogens is 232 g/mol. The molecule has 2 heterocycles. The van der Waals surface area contributed by atoms with E-state index in [1.165, 1.54) is 4.88 Å². The lowest BCUT2D eigenvalue weighted by Gasteiger charge is -2.41. The summed E-state index contributed by atoms with van der Waals surface area (Å²) in [7, 11) is 0. The Bertz CT molecular complexity index is 339. The van der Waals surface area contributed by atoms with Crippen LogP contribution in [0.1, 0.15) is 18.7 Å². The maximum Gasteiger partial charge on any atom is 0.0569 e. The number of rotatable bonds is 6. The summed E-state index contributed by atoms with van der Waals surface area (Å²) in [6, 6.07) is 4.32. The summed E-state index contributed by atoms with van der Waals surface area (Å²) >= 11 is 1.82. The highest BCUT2D eigenvalue weighted by molar-refractivity contribution is 7.10. The SMILES string of the molecule is CC(C)(CNCC1(CN)COC1)c1cccs1. The number of hydrogen-bond donors (Lipinski definition) is 2. The summed E-state index contributed by atoms with van der Waals surface area (Å²) in [4.78, 5) is 1.43. The predicted molar refractivity (Wildman–Crippen MR) is 72.5 cm³/mol. The molecule has 0 aromatic carbocycles. The molecule has 0 atom stereocenters. The van der Waals surface area contributed by atoms with Crippen LogP contribution in [0.25, 0.3) is 0 Å². The third kappa shape index (κ3) is 2.88. The summed E-state index contributed by atoms with van der Waals surface area (Å²) < 4.78 is 5.27. The summed E-state index contributed by atoms with van der Waals surface area (Å²) in [6.45, 7) is 8.80. The molecule has 0 spiro atoms. The second-order valence-electron chi connectivity index (χ2n) is 5.66. The second kappa shape index (κ2) is 5.06. The number of hydrogen-bond acceptors (Lipinski definition) is 4. The van der Waals surface area contributed by atoms with Crippen molar-refractivity contribution >= 4 is 11.3 Å². The first-order chi connectivity index (χ1) is 8.08. The highest BCUT2D eigenvalue weighted by Gasteiger charge is 2.37. The van der Waals surface area contributed by atoms with Crippen molar-refractivity contribution in [3.8, 4) is 0 Å². The van der Waals surface area contributed by atoms with Crippen LogP contribution >= 0.6 is 11.3 Å². The van der Waals surface area contributed by atoms with Crippen LogP contribution in [0.15, 0.2) is 17.5 Å². The van der Waals surface area contributed by atoms with Crippen LogP contribution in [0.5, 0.6) is 0 Å². The van der Waals surface area contributed by atoms with Crippen molar-refractivity contribution in [1.29, 1.82) is 0 Å². The molecule has 0 radical (unpaired) electrons. The van der Waals surface area contributed by atoms with Crippen molar-refractivity contribution in [3.05, 3.63) is 22.4 Å². The Morgan fingerprint density at radius 2 is 2.29 bits per heavy atom. The van der Waals surface area contributed by atoms with Crippen molar-refractivity contribution in [2.45, 2.75) is 19.3 Å². The van der Waals surface area contributed by atoms with Gasteiger partial charge in [0.2, 0.25) is 0 Å². The van der Waals surface area contributed by atoms with Gasteiger partial charge in [-0.25, -0.2) is 0 Å². The van der Waals surface area contributed by atoms with Crippen LogP contribution in [-0.2, 0) is 10.2 Å². The minimum absolute atomic E-state index is 0.186. The van der Waals surface area contributed by atoms with Gasteiger partial charge in [-0.1, -0.05) is 19.9 Å². The highest BCUT2D eigenvalue weighted by atomic mass is 32.1. The average Bonchev–Trinajstić information content (AvgIpc) is 2.76. The van der Waals surface area contributed by atoms with Crippen molar-refractivity contribution in [1.82, 2.24) is 5.32 Å². The van der Waals surface area contributed by atoms with Crippen LogP contribution < -0.4 is 11.1 Å². The van der Waals surface area contributed by atoms with E-state index in [1.807, 2.05) is 11.3 Å². The van der Waals surface area contributed by atoms with E-state index < -0.39 is 0 Å². The number of nitrogens with one attached hydrogen (secondary N) is 1. The monoisotopic (exact) mass is 254 g/mol. The smallest absolute Gasteiger partial charge is 0.0569 e. The Labute approximate surface area is 107 Å². The van der Waals surface area contributed by atoms with Gasteiger partial charge in [-0.05, 0) is 11.4 Å². The van der Waals surface area contributed by atoms with Gasteiger partial charge in [0, 0.05) is 35.3 Å². The number of thiophene rings is 1. The molecule has 1 aliphatic rings. The van der Waals surface area contributed by atoms with Gasteiger partial charge < -0.3 is 15.8 Å². The molecule has 1 saturated heterocycles. The molecule has 0 saturated carbocycles. The zero-order valence-corrected chi connectivity index (χ0v) is 11.5. The molecule has 0 unspecified atom stereocenters. The molecule has 1 aromatic heterocycles. The maximum atomic E-state index is 5.80. The Morgan fingerprint density at radius 3 is 2.76 bits per heavy atom. The first-order valence-corrected chi connectivity index (χ1v) is 6.99. The first-order valence-electron chi connectivity index (χ1n) is 6.11. The van der Waals surface area contributed by atoms with E-state index in [0.29, 0.717) is 6.54 Å². The standard InChI is InChI=1S/C13H22N2OS/c1-12(2,11-4-3-5-17-11)7-15-8-13(6-14)9-16-10-13/h3-5,15H,6-10,14H2,1-2H3. The van der Waals surface area contributed by atoms with Gasteiger partial charge in [-0.2, -0.15) is 0 Å². The molecule has 3 nitrogen and oxygen atoms in total. The normalized spacial score (nSPS) is 19.0. The third-order valence-electron chi connectivity index (χ3n) is 3.50.